The molecule has 2 nitrogen and oxygen atoms in total. The fourth-order valence-electron chi connectivity index (χ4n) is 2.70. The van der Waals surface area contributed by atoms with Crippen molar-refractivity contribution in [3.05, 3.63) is 17.0 Å². The lowest BCUT2D eigenvalue weighted by molar-refractivity contribution is 0.102. The summed E-state index contributed by atoms with van der Waals surface area (Å²) in [6.07, 6.45) is 16.3. The van der Waals surface area contributed by atoms with Gasteiger partial charge in [-0.2, -0.15) is 0 Å². The van der Waals surface area contributed by atoms with Gasteiger partial charge in [-0.25, -0.2) is 0 Å². The maximum Gasteiger partial charge on any atom is 0.174 e. The minimum Gasteiger partial charge on any atom is -0.484 e. The van der Waals surface area contributed by atoms with Crippen molar-refractivity contribution in [2.75, 3.05) is 6.61 Å². The number of carbonyl (C=O) groups excluding carboxylic acids is 1. The van der Waals surface area contributed by atoms with Gasteiger partial charge in [0.2, 0.25) is 0 Å². The smallest absolute Gasteiger partial charge is 0.174 e. The highest BCUT2D eigenvalue weighted by Crippen LogP contribution is 2.25. The third kappa shape index (κ3) is 10.5. The number of Topliss-reactive ketones (excluding diaryl/α,β-unsaturated/α-hetero) is 1. The summed E-state index contributed by atoms with van der Waals surface area (Å²) in [7, 11) is 0. The molecule has 0 unspecified atom stereocenters. The quantitative estimate of drug-likeness (QED) is 0.253. The van der Waals surface area contributed by atoms with Gasteiger partial charge in [0.15, 0.2) is 10.8 Å². The molecular weight excluding hydrogens is 304 g/mol. The number of hydrogen-bond acceptors (Lipinski definition) is 3. The van der Waals surface area contributed by atoms with E-state index in [0.717, 1.165) is 23.0 Å². The van der Waals surface area contributed by atoms with Crippen LogP contribution in [-0.4, -0.2) is 12.4 Å². The number of unbranched alkanes of at least 4 members (excludes halogenated alkanes) is 11. The molecule has 0 fully saturated rings. The van der Waals surface area contributed by atoms with Crippen molar-refractivity contribution in [1.82, 2.24) is 0 Å². The Morgan fingerprint density at radius 3 is 1.87 bits per heavy atom. The number of carbonyl (C=O) groups is 1. The number of ketones is 1. The van der Waals surface area contributed by atoms with Crippen LogP contribution in [0.3, 0.4) is 0 Å². The highest BCUT2D eigenvalue weighted by Gasteiger charge is 2.04. The van der Waals surface area contributed by atoms with Crippen LogP contribution in [0.25, 0.3) is 0 Å². The van der Waals surface area contributed by atoms with Gasteiger partial charge >= 0.3 is 0 Å². The summed E-state index contributed by atoms with van der Waals surface area (Å²) in [6, 6.07) is 3.76. The first-order chi connectivity index (χ1) is 11.2. The largest absolute Gasteiger partial charge is 0.484 e. The van der Waals surface area contributed by atoms with Gasteiger partial charge in [-0.1, -0.05) is 88.9 Å². The van der Waals surface area contributed by atoms with Crippen LogP contribution in [-0.2, 0) is 0 Å². The maximum absolute atomic E-state index is 11.2. The van der Waals surface area contributed by atoms with E-state index in [0.29, 0.717) is 0 Å². The Morgan fingerprint density at radius 2 is 1.39 bits per heavy atom. The topological polar surface area (TPSA) is 26.3 Å². The summed E-state index contributed by atoms with van der Waals surface area (Å²) in [5, 5.41) is 0.873. The molecule has 0 aliphatic rings. The van der Waals surface area contributed by atoms with Gasteiger partial charge in [0, 0.05) is 0 Å². The van der Waals surface area contributed by atoms with Crippen molar-refractivity contribution in [2.45, 2.75) is 90.9 Å². The highest BCUT2D eigenvalue weighted by atomic mass is 32.1. The molecule has 0 bridgehead atoms. The first-order valence-electron chi connectivity index (χ1n) is 9.47. The molecule has 1 aromatic heterocycles. The van der Waals surface area contributed by atoms with Crippen LogP contribution in [0.1, 0.15) is 101 Å². The normalized spacial score (nSPS) is 10.9. The summed E-state index contributed by atoms with van der Waals surface area (Å²) in [6.45, 7) is 4.64. The molecule has 0 spiro atoms. The average molecular weight is 339 g/mol. The molecule has 132 valence electrons. The predicted molar refractivity (Wildman–Crippen MR) is 101 cm³/mol. The third-order valence-corrected chi connectivity index (χ3v) is 5.27. The van der Waals surface area contributed by atoms with Gasteiger partial charge in [0.05, 0.1) is 11.5 Å². The van der Waals surface area contributed by atoms with Crippen molar-refractivity contribution >= 4 is 17.1 Å². The number of ether oxygens (including phenoxy) is 1. The van der Waals surface area contributed by atoms with Crippen LogP contribution in [0.2, 0.25) is 0 Å². The van der Waals surface area contributed by atoms with E-state index in [-0.39, 0.29) is 5.78 Å². The lowest BCUT2D eigenvalue weighted by Crippen LogP contribution is -1.95. The Bertz CT molecular complexity index is 412. The van der Waals surface area contributed by atoms with E-state index in [2.05, 4.69) is 6.92 Å². The summed E-state index contributed by atoms with van der Waals surface area (Å²) in [4.78, 5) is 12.0. The van der Waals surface area contributed by atoms with Crippen molar-refractivity contribution in [3.8, 4) is 5.06 Å². The Labute approximate surface area is 146 Å². The molecule has 0 N–H and O–H groups in total. The summed E-state index contributed by atoms with van der Waals surface area (Å²) < 4.78 is 5.69. The molecule has 23 heavy (non-hydrogen) atoms. The van der Waals surface area contributed by atoms with E-state index in [1.807, 2.05) is 12.1 Å². The second-order valence-electron chi connectivity index (χ2n) is 6.41. The molecule has 3 heteroatoms. The van der Waals surface area contributed by atoms with E-state index in [9.17, 15) is 4.79 Å². The van der Waals surface area contributed by atoms with Gasteiger partial charge in [0.25, 0.3) is 0 Å². The fraction of sp³-hybridized carbons (Fsp3) is 0.750. The second-order valence-corrected chi connectivity index (χ2v) is 7.46. The molecule has 0 saturated heterocycles. The minimum atomic E-state index is 0.121. The summed E-state index contributed by atoms with van der Waals surface area (Å²) in [5.74, 6) is 0.121. The molecule has 0 atom stereocenters. The van der Waals surface area contributed by atoms with Crippen LogP contribution in [0, 0.1) is 0 Å². The van der Waals surface area contributed by atoms with Crippen LogP contribution >= 0.6 is 11.3 Å². The van der Waals surface area contributed by atoms with Crippen molar-refractivity contribution in [3.63, 3.8) is 0 Å². The van der Waals surface area contributed by atoms with Crippen molar-refractivity contribution in [1.29, 1.82) is 0 Å². The number of rotatable bonds is 15. The average Bonchev–Trinajstić information content (AvgIpc) is 3.01. The van der Waals surface area contributed by atoms with Crippen molar-refractivity contribution in [2.24, 2.45) is 0 Å². The second kappa shape index (κ2) is 13.6. The zero-order chi connectivity index (χ0) is 16.8. The van der Waals surface area contributed by atoms with E-state index in [1.165, 1.54) is 82.0 Å². The molecule has 0 aliphatic carbocycles. The summed E-state index contributed by atoms with van der Waals surface area (Å²) >= 11 is 1.45. The molecule has 0 radical (unpaired) electrons. The molecule has 1 rings (SSSR count). The highest BCUT2D eigenvalue weighted by molar-refractivity contribution is 7.15. The van der Waals surface area contributed by atoms with Crippen LogP contribution in [0.15, 0.2) is 12.1 Å². The van der Waals surface area contributed by atoms with Gasteiger partial charge in [-0.3, -0.25) is 4.79 Å². The lowest BCUT2D eigenvalue weighted by atomic mass is 10.1. The number of thiophene rings is 1. The first kappa shape index (κ1) is 20.2. The maximum atomic E-state index is 11.2. The van der Waals surface area contributed by atoms with Crippen LogP contribution in [0.4, 0.5) is 0 Å². The van der Waals surface area contributed by atoms with Crippen LogP contribution < -0.4 is 4.74 Å². The van der Waals surface area contributed by atoms with E-state index >= 15 is 0 Å². The Hall–Kier alpha value is -0.830. The van der Waals surface area contributed by atoms with Gasteiger partial charge in [0.1, 0.15) is 0 Å². The molecule has 1 aromatic rings. The molecule has 0 aliphatic heterocycles. The zero-order valence-corrected chi connectivity index (χ0v) is 15.9. The Morgan fingerprint density at radius 1 is 0.870 bits per heavy atom. The van der Waals surface area contributed by atoms with Gasteiger partial charge in [-0.15, -0.1) is 0 Å². The standard InChI is InChI=1S/C20H34O2S/c1-3-4-5-6-7-8-9-10-11-12-13-14-17-22-20-16-15-19(23-20)18(2)21/h15-16H,3-14,17H2,1-2H3. The van der Waals surface area contributed by atoms with Gasteiger partial charge in [-0.05, 0) is 25.5 Å². The minimum absolute atomic E-state index is 0.121. The van der Waals surface area contributed by atoms with Crippen molar-refractivity contribution < 1.29 is 9.53 Å². The molecule has 0 amide bonds. The molecule has 0 aromatic carbocycles. The van der Waals surface area contributed by atoms with Gasteiger partial charge < -0.3 is 4.74 Å². The fourth-order valence-corrected chi connectivity index (χ4v) is 3.48. The Kier molecular flexibility index (Phi) is 11.9. The lowest BCUT2D eigenvalue weighted by Gasteiger charge is -2.04. The first-order valence-corrected chi connectivity index (χ1v) is 10.3. The Balaban J connectivity index is 1.83. The number of hydrogen-bond donors (Lipinski definition) is 0. The summed E-state index contributed by atoms with van der Waals surface area (Å²) in [5.41, 5.74) is 0. The molecule has 0 saturated carbocycles. The van der Waals surface area contributed by atoms with E-state index in [1.54, 1.807) is 6.92 Å². The van der Waals surface area contributed by atoms with E-state index in [4.69, 9.17) is 4.74 Å². The monoisotopic (exact) mass is 338 g/mol. The third-order valence-electron chi connectivity index (χ3n) is 4.17. The molecular formula is C20H34O2S. The SMILES string of the molecule is CCCCCCCCCCCCCCOc1ccc(C(C)=O)s1. The predicted octanol–water partition coefficient (Wildman–Crippen LogP) is 7.03. The van der Waals surface area contributed by atoms with Crippen LogP contribution in [0.5, 0.6) is 5.06 Å². The van der Waals surface area contributed by atoms with E-state index < -0.39 is 0 Å². The zero-order valence-electron chi connectivity index (χ0n) is 15.1. The molecule has 1 heterocycles.